The van der Waals surface area contributed by atoms with Crippen molar-refractivity contribution in [2.24, 2.45) is 17.3 Å². The van der Waals surface area contributed by atoms with Crippen LogP contribution in [0.5, 0.6) is 0 Å². The summed E-state index contributed by atoms with van der Waals surface area (Å²) in [5.74, 6) is 0.250. The van der Waals surface area contributed by atoms with E-state index in [1.165, 1.54) is 0 Å². The summed E-state index contributed by atoms with van der Waals surface area (Å²) in [4.78, 5) is 10.8. The fourth-order valence-electron chi connectivity index (χ4n) is 3.24. The van der Waals surface area contributed by atoms with E-state index in [0.717, 1.165) is 32.1 Å². The molecule has 0 radical (unpaired) electrons. The average molecular weight is 288 g/mol. The average Bonchev–Trinajstić information content (AvgIpc) is 2.99. The Morgan fingerprint density at radius 1 is 1.21 bits per heavy atom. The van der Waals surface area contributed by atoms with E-state index in [-0.39, 0.29) is 17.4 Å². The number of carboxylic acid groups (broad SMARTS) is 1. The maximum Gasteiger partial charge on any atom is 0.303 e. The summed E-state index contributed by atoms with van der Waals surface area (Å²) in [5, 5.41) is 8.63. The molecule has 0 bridgehead atoms. The molecule has 0 aliphatic heterocycles. The highest BCUT2D eigenvalue weighted by molar-refractivity contribution is 7.92. The molecular formula is C14H24O4S. The molecule has 3 atom stereocenters. The molecule has 19 heavy (non-hydrogen) atoms. The monoisotopic (exact) mass is 288 g/mol. The maximum absolute atomic E-state index is 12.5. The molecule has 2 rings (SSSR count). The van der Waals surface area contributed by atoms with E-state index >= 15 is 0 Å². The summed E-state index contributed by atoms with van der Waals surface area (Å²) < 4.78 is 25.0. The van der Waals surface area contributed by atoms with Gasteiger partial charge in [0.1, 0.15) is 0 Å². The fourth-order valence-corrected chi connectivity index (χ4v) is 5.81. The Morgan fingerprint density at radius 3 is 2.32 bits per heavy atom. The Hall–Kier alpha value is -0.580. The molecule has 2 saturated carbocycles. The summed E-state index contributed by atoms with van der Waals surface area (Å²) in [7, 11) is -3.14. The van der Waals surface area contributed by atoms with Gasteiger partial charge in [-0.05, 0) is 49.4 Å². The second-order valence-electron chi connectivity index (χ2n) is 6.77. The van der Waals surface area contributed by atoms with Crippen LogP contribution in [0.1, 0.15) is 52.4 Å². The first kappa shape index (κ1) is 14.8. The summed E-state index contributed by atoms with van der Waals surface area (Å²) in [6, 6.07) is 0. The van der Waals surface area contributed by atoms with Crippen molar-refractivity contribution in [3.63, 3.8) is 0 Å². The minimum Gasteiger partial charge on any atom is -0.481 e. The largest absolute Gasteiger partial charge is 0.481 e. The highest BCUT2D eigenvalue weighted by Crippen LogP contribution is 2.51. The van der Waals surface area contributed by atoms with Gasteiger partial charge in [-0.3, -0.25) is 4.79 Å². The molecular weight excluding hydrogens is 264 g/mol. The number of aliphatic carboxylic acids is 1. The number of rotatable bonds is 5. The molecule has 5 heteroatoms. The van der Waals surface area contributed by atoms with Crippen molar-refractivity contribution < 1.29 is 18.3 Å². The fraction of sp³-hybridized carbons (Fsp3) is 0.929. The first-order valence-corrected chi connectivity index (χ1v) is 8.89. The zero-order chi connectivity index (χ0) is 14.3. The van der Waals surface area contributed by atoms with Crippen molar-refractivity contribution in [1.82, 2.24) is 0 Å². The van der Waals surface area contributed by atoms with Crippen LogP contribution >= 0.6 is 0 Å². The summed E-state index contributed by atoms with van der Waals surface area (Å²) in [6.07, 6.45) is 3.96. The van der Waals surface area contributed by atoms with Crippen LogP contribution in [0.15, 0.2) is 0 Å². The van der Waals surface area contributed by atoms with Gasteiger partial charge in [0.2, 0.25) is 0 Å². The number of sulfone groups is 1. The molecule has 0 saturated heterocycles. The highest BCUT2D eigenvalue weighted by atomic mass is 32.2. The molecule has 0 amide bonds. The molecule has 2 fully saturated rings. The number of carbonyl (C=O) groups is 1. The lowest BCUT2D eigenvalue weighted by Crippen LogP contribution is -2.35. The lowest BCUT2D eigenvalue weighted by Gasteiger charge is -2.32. The van der Waals surface area contributed by atoms with Crippen LogP contribution in [0.3, 0.4) is 0 Å². The zero-order valence-electron chi connectivity index (χ0n) is 11.8. The molecule has 0 aromatic carbocycles. The third-order valence-corrected chi connectivity index (χ3v) is 7.51. The number of hydrogen-bond acceptors (Lipinski definition) is 3. The van der Waals surface area contributed by atoms with E-state index in [1.807, 2.05) is 0 Å². The quantitative estimate of drug-likeness (QED) is 0.843. The van der Waals surface area contributed by atoms with Gasteiger partial charge in [-0.2, -0.15) is 0 Å². The van der Waals surface area contributed by atoms with Crippen molar-refractivity contribution >= 4 is 15.8 Å². The van der Waals surface area contributed by atoms with E-state index in [0.29, 0.717) is 11.8 Å². The van der Waals surface area contributed by atoms with Crippen molar-refractivity contribution in [2.45, 2.75) is 57.6 Å². The first-order valence-electron chi connectivity index (χ1n) is 7.17. The van der Waals surface area contributed by atoms with Crippen molar-refractivity contribution in [3.05, 3.63) is 0 Å². The van der Waals surface area contributed by atoms with Gasteiger partial charge in [0.05, 0.1) is 17.4 Å². The smallest absolute Gasteiger partial charge is 0.303 e. The van der Waals surface area contributed by atoms with Crippen LogP contribution in [0.2, 0.25) is 0 Å². The Kier molecular flexibility index (Phi) is 3.96. The Labute approximate surface area is 115 Å². The minimum atomic E-state index is -3.14. The van der Waals surface area contributed by atoms with Gasteiger partial charge < -0.3 is 5.11 Å². The second-order valence-corrected chi connectivity index (χ2v) is 9.05. The number of hydrogen-bond donors (Lipinski definition) is 1. The molecule has 1 N–H and O–H groups in total. The molecule has 3 unspecified atom stereocenters. The summed E-state index contributed by atoms with van der Waals surface area (Å²) >= 11 is 0. The molecule has 0 aromatic rings. The van der Waals surface area contributed by atoms with Crippen molar-refractivity contribution in [1.29, 1.82) is 0 Å². The van der Waals surface area contributed by atoms with Gasteiger partial charge >= 0.3 is 5.97 Å². The predicted octanol–water partition coefficient (Wildman–Crippen LogP) is 2.48. The Bertz CT molecular complexity index is 450. The van der Waals surface area contributed by atoms with Crippen LogP contribution in [0.25, 0.3) is 0 Å². The molecule has 2 aliphatic rings. The first-order chi connectivity index (χ1) is 8.74. The standard InChI is InChI=1S/C14H24O4S/c1-10-3-4-12(7-11(10)2)19(17,18)9-14(5-6-14)8-13(15)16/h10-12H,3-9H2,1-2H3,(H,15,16). The lowest BCUT2D eigenvalue weighted by molar-refractivity contribution is -0.138. The summed E-state index contributed by atoms with van der Waals surface area (Å²) in [6.45, 7) is 4.30. The van der Waals surface area contributed by atoms with Crippen LogP contribution in [-0.2, 0) is 14.6 Å². The van der Waals surface area contributed by atoms with E-state index in [1.54, 1.807) is 0 Å². The second kappa shape index (κ2) is 5.08. The molecule has 0 spiro atoms. The molecule has 0 heterocycles. The third-order valence-electron chi connectivity index (χ3n) is 5.05. The lowest BCUT2D eigenvalue weighted by atomic mass is 9.81. The van der Waals surface area contributed by atoms with Gasteiger partial charge in [0.15, 0.2) is 9.84 Å². The van der Waals surface area contributed by atoms with E-state index in [9.17, 15) is 13.2 Å². The van der Waals surface area contributed by atoms with Crippen LogP contribution in [0.4, 0.5) is 0 Å². The number of carboxylic acids is 1. The van der Waals surface area contributed by atoms with Gasteiger partial charge in [-0.25, -0.2) is 8.42 Å². The normalized spacial score (nSPS) is 33.9. The molecule has 4 nitrogen and oxygen atoms in total. The minimum absolute atomic E-state index is 0.00487. The van der Waals surface area contributed by atoms with E-state index in [4.69, 9.17) is 5.11 Å². The highest BCUT2D eigenvalue weighted by Gasteiger charge is 2.49. The van der Waals surface area contributed by atoms with E-state index < -0.39 is 21.2 Å². The SMILES string of the molecule is CC1CCC(S(=O)(=O)CC2(CC(=O)O)CC2)CC1C. The topological polar surface area (TPSA) is 71.4 Å². The molecule has 2 aliphatic carbocycles. The van der Waals surface area contributed by atoms with Crippen LogP contribution in [0, 0.1) is 17.3 Å². The molecule has 0 aromatic heterocycles. The van der Waals surface area contributed by atoms with Crippen molar-refractivity contribution in [3.8, 4) is 0 Å². The van der Waals surface area contributed by atoms with Gasteiger partial charge in [-0.1, -0.05) is 13.8 Å². The maximum atomic E-state index is 12.5. The Balaban J connectivity index is 2.01. The van der Waals surface area contributed by atoms with Crippen molar-refractivity contribution in [2.75, 3.05) is 5.75 Å². The third kappa shape index (κ3) is 3.50. The van der Waals surface area contributed by atoms with Gasteiger partial charge in [-0.15, -0.1) is 0 Å². The van der Waals surface area contributed by atoms with Crippen LogP contribution < -0.4 is 0 Å². The summed E-state index contributed by atoms with van der Waals surface area (Å²) in [5.41, 5.74) is -0.447. The molecule has 110 valence electrons. The van der Waals surface area contributed by atoms with Gasteiger partial charge in [0.25, 0.3) is 0 Å². The Morgan fingerprint density at radius 2 is 1.84 bits per heavy atom. The van der Waals surface area contributed by atoms with Gasteiger partial charge in [0, 0.05) is 0 Å². The zero-order valence-corrected chi connectivity index (χ0v) is 12.6. The van der Waals surface area contributed by atoms with E-state index in [2.05, 4.69) is 13.8 Å². The van der Waals surface area contributed by atoms with Crippen LogP contribution in [-0.4, -0.2) is 30.5 Å². The predicted molar refractivity (Wildman–Crippen MR) is 73.7 cm³/mol.